The largest absolute Gasteiger partial charge is 0.496 e. The van der Waals surface area contributed by atoms with Gasteiger partial charge in [-0.15, -0.1) is 12.4 Å². The van der Waals surface area contributed by atoms with E-state index in [0.717, 1.165) is 25.1 Å². The monoisotopic (exact) mass is 398 g/mol. The van der Waals surface area contributed by atoms with E-state index < -0.39 is 0 Å². The third-order valence-corrected chi connectivity index (χ3v) is 5.43. The first-order chi connectivity index (χ1) is 12.6. The molecule has 0 bridgehead atoms. The van der Waals surface area contributed by atoms with Crippen LogP contribution in [0.5, 0.6) is 5.75 Å². The Hall–Kier alpha value is -1.34. The summed E-state index contributed by atoms with van der Waals surface area (Å²) in [7, 11) is 1.70. The maximum absolute atomic E-state index is 12.5. The summed E-state index contributed by atoms with van der Waals surface area (Å²) in [4.78, 5) is 12.5. The number of nitrogens with one attached hydrogen (secondary N) is 2. The topological polar surface area (TPSA) is 68.8 Å². The molecule has 1 atom stereocenters. The van der Waals surface area contributed by atoms with Crippen molar-refractivity contribution in [3.05, 3.63) is 29.3 Å². The highest BCUT2D eigenvalue weighted by Crippen LogP contribution is 2.40. The van der Waals surface area contributed by atoms with Crippen LogP contribution < -0.4 is 15.4 Å². The van der Waals surface area contributed by atoms with Crippen LogP contribution >= 0.6 is 12.4 Å². The van der Waals surface area contributed by atoms with Gasteiger partial charge in [0.15, 0.2) is 0 Å². The van der Waals surface area contributed by atoms with Crippen molar-refractivity contribution < 1.29 is 19.0 Å². The molecule has 2 fully saturated rings. The van der Waals surface area contributed by atoms with Crippen LogP contribution in [-0.4, -0.2) is 58.6 Å². The Balaban J connectivity index is 0.00000261. The fourth-order valence-electron chi connectivity index (χ4n) is 3.85. The number of morpholine rings is 1. The van der Waals surface area contributed by atoms with Gasteiger partial charge in [-0.3, -0.25) is 4.79 Å². The van der Waals surface area contributed by atoms with Gasteiger partial charge in [0.1, 0.15) is 5.75 Å². The molecule has 0 spiro atoms. The summed E-state index contributed by atoms with van der Waals surface area (Å²) in [5.41, 5.74) is 2.21. The van der Waals surface area contributed by atoms with Gasteiger partial charge in [0, 0.05) is 49.7 Å². The number of carbonyl (C=O) groups is 1. The van der Waals surface area contributed by atoms with E-state index in [2.05, 4.69) is 29.7 Å². The highest BCUT2D eigenvalue weighted by atomic mass is 35.5. The minimum absolute atomic E-state index is 0. The van der Waals surface area contributed by atoms with Crippen LogP contribution in [0.15, 0.2) is 18.2 Å². The predicted octanol–water partition coefficient (Wildman–Crippen LogP) is 1.97. The lowest BCUT2D eigenvalue weighted by atomic mass is 9.73. The predicted molar refractivity (Wildman–Crippen MR) is 107 cm³/mol. The quantitative estimate of drug-likeness (QED) is 0.766. The smallest absolute Gasteiger partial charge is 0.221 e. The summed E-state index contributed by atoms with van der Waals surface area (Å²) in [5.74, 6) is 0.944. The normalized spacial score (nSPS) is 21.8. The first kappa shape index (κ1) is 22.0. The van der Waals surface area contributed by atoms with Gasteiger partial charge in [0.25, 0.3) is 0 Å². The zero-order valence-corrected chi connectivity index (χ0v) is 17.0. The lowest BCUT2D eigenvalue weighted by molar-refractivity contribution is -0.122. The van der Waals surface area contributed by atoms with E-state index in [9.17, 15) is 4.79 Å². The van der Waals surface area contributed by atoms with Crippen molar-refractivity contribution in [2.24, 2.45) is 0 Å². The molecule has 2 aliphatic heterocycles. The average Bonchev–Trinajstić information content (AvgIpc) is 2.68. The van der Waals surface area contributed by atoms with Gasteiger partial charge in [-0.25, -0.2) is 0 Å². The fourth-order valence-corrected chi connectivity index (χ4v) is 3.85. The summed E-state index contributed by atoms with van der Waals surface area (Å²) in [5, 5.41) is 6.49. The number of rotatable bonds is 6. The average molecular weight is 399 g/mol. The molecule has 2 aliphatic rings. The second-order valence-electron chi connectivity index (χ2n) is 7.30. The number of benzene rings is 1. The van der Waals surface area contributed by atoms with Gasteiger partial charge < -0.3 is 24.8 Å². The second-order valence-corrected chi connectivity index (χ2v) is 7.30. The SMILES string of the molecule is COc1ccc(C)cc1C1(CNC(=O)CC2COCCN2)CCOCC1.Cl. The van der Waals surface area contributed by atoms with E-state index in [0.29, 0.717) is 39.4 Å². The molecule has 27 heavy (non-hydrogen) atoms. The number of methoxy groups -OCH3 is 1. The van der Waals surface area contributed by atoms with Gasteiger partial charge in [-0.1, -0.05) is 17.7 Å². The Morgan fingerprint density at radius 2 is 2.07 bits per heavy atom. The Kier molecular flexibility index (Phi) is 8.35. The number of aryl methyl sites for hydroxylation is 1. The molecule has 1 unspecified atom stereocenters. The molecule has 2 saturated heterocycles. The van der Waals surface area contributed by atoms with Crippen molar-refractivity contribution in [2.75, 3.05) is 46.6 Å². The number of hydrogen-bond acceptors (Lipinski definition) is 5. The Bertz CT molecular complexity index is 614. The summed E-state index contributed by atoms with van der Waals surface area (Å²) in [6.45, 7) is 6.20. The summed E-state index contributed by atoms with van der Waals surface area (Å²) >= 11 is 0. The molecular formula is C20H31ClN2O4. The lowest BCUT2D eigenvalue weighted by Crippen LogP contribution is -2.48. The fraction of sp³-hybridized carbons (Fsp3) is 0.650. The van der Waals surface area contributed by atoms with Crippen LogP contribution in [0.3, 0.4) is 0 Å². The van der Waals surface area contributed by atoms with Crippen LogP contribution in [0, 0.1) is 6.92 Å². The molecule has 6 nitrogen and oxygen atoms in total. The summed E-state index contributed by atoms with van der Waals surface area (Å²) < 4.78 is 16.7. The molecule has 2 N–H and O–H groups in total. The van der Waals surface area contributed by atoms with Crippen molar-refractivity contribution in [1.82, 2.24) is 10.6 Å². The molecule has 0 aromatic heterocycles. The number of halogens is 1. The summed E-state index contributed by atoms with van der Waals surface area (Å²) in [6.07, 6.45) is 2.19. The van der Waals surface area contributed by atoms with Gasteiger partial charge in [0.2, 0.25) is 5.91 Å². The first-order valence-corrected chi connectivity index (χ1v) is 9.44. The van der Waals surface area contributed by atoms with Crippen molar-refractivity contribution in [3.8, 4) is 5.75 Å². The van der Waals surface area contributed by atoms with Crippen LogP contribution in [0.2, 0.25) is 0 Å². The van der Waals surface area contributed by atoms with Crippen molar-refractivity contribution in [1.29, 1.82) is 0 Å². The first-order valence-electron chi connectivity index (χ1n) is 9.44. The Labute approximate surface area is 167 Å². The standard InChI is InChI=1S/C20H30N2O4.ClH/c1-15-3-4-18(24-2)17(11-15)20(5-8-25-9-6-20)14-22-19(23)12-16-13-26-10-7-21-16;/h3-4,11,16,21H,5-10,12-14H2,1-2H3,(H,22,23);1H. The van der Waals surface area contributed by atoms with E-state index in [1.54, 1.807) is 7.11 Å². The van der Waals surface area contributed by atoms with E-state index >= 15 is 0 Å². The molecule has 0 aliphatic carbocycles. The van der Waals surface area contributed by atoms with Gasteiger partial charge in [-0.2, -0.15) is 0 Å². The minimum atomic E-state index is -0.151. The van der Waals surface area contributed by atoms with Gasteiger partial charge in [0.05, 0.1) is 20.3 Å². The van der Waals surface area contributed by atoms with Crippen LogP contribution in [0.25, 0.3) is 0 Å². The van der Waals surface area contributed by atoms with Crippen molar-refractivity contribution in [3.63, 3.8) is 0 Å². The molecular weight excluding hydrogens is 368 g/mol. The van der Waals surface area contributed by atoms with Crippen molar-refractivity contribution in [2.45, 2.75) is 37.6 Å². The van der Waals surface area contributed by atoms with Crippen molar-refractivity contribution >= 4 is 18.3 Å². The second kappa shape index (κ2) is 10.3. The third kappa shape index (κ3) is 5.57. The Morgan fingerprint density at radius 1 is 1.30 bits per heavy atom. The molecule has 2 heterocycles. The molecule has 1 amide bonds. The molecule has 152 valence electrons. The zero-order valence-electron chi connectivity index (χ0n) is 16.2. The maximum Gasteiger partial charge on any atom is 0.221 e. The number of hydrogen-bond donors (Lipinski definition) is 2. The lowest BCUT2D eigenvalue weighted by Gasteiger charge is -2.39. The van der Waals surface area contributed by atoms with E-state index in [4.69, 9.17) is 14.2 Å². The Morgan fingerprint density at radius 3 is 2.74 bits per heavy atom. The number of carbonyl (C=O) groups excluding carboxylic acids is 1. The van der Waals surface area contributed by atoms with Crippen LogP contribution in [0.1, 0.15) is 30.4 Å². The molecule has 0 radical (unpaired) electrons. The third-order valence-electron chi connectivity index (χ3n) is 5.43. The highest BCUT2D eigenvalue weighted by molar-refractivity contribution is 5.85. The highest BCUT2D eigenvalue weighted by Gasteiger charge is 2.37. The molecule has 1 aromatic carbocycles. The van der Waals surface area contributed by atoms with Gasteiger partial charge >= 0.3 is 0 Å². The van der Waals surface area contributed by atoms with E-state index in [1.807, 2.05) is 6.07 Å². The molecule has 0 saturated carbocycles. The summed E-state index contributed by atoms with van der Waals surface area (Å²) in [6, 6.07) is 6.37. The van der Waals surface area contributed by atoms with Crippen LogP contribution in [-0.2, 0) is 19.7 Å². The molecule has 1 aromatic rings. The van der Waals surface area contributed by atoms with Crippen LogP contribution in [0.4, 0.5) is 0 Å². The van der Waals surface area contributed by atoms with E-state index in [1.165, 1.54) is 11.1 Å². The number of amides is 1. The molecule has 3 rings (SSSR count). The zero-order chi connectivity index (χ0) is 18.4. The van der Waals surface area contributed by atoms with Gasteiger partial charge in [-0.05, 0) is 25.8 Å². The minimum Gasteiger partial charge on any atom is -0.496 e. The maximum atomic E-state index is 12.5. The number of ether oxygens (including phenoxy) is 3. The van der Waals surface area contributed by atoms with E-state index in [-0.39, 0.29) is 29.8 Å². The molecule has 7 heteroatoms.